The molecule has 1 aliphatic heterocycles. The van der Waals surface area contributed by atoms with Gasteiger partial charge in [-0.05, 0) is 77.8 Å². The molecule has 1 aliphatic rings. The van der Waals surface area contributed by atoms with Crippen molar-refractivity contribution in [2.24, 2.45) is 5.92 Å². The third-order valence-corrected chi connectivity index (χ3v) is 7.25. The molecule has 0 aliphatic carbocycles. The minimum Gasteiger partial charge on any atom is -0.497 e. The van der Waals surface area contributed by atoms with Crippen molar-refractivity contribution in [3.8, 4) is 23.3 Å². The van der Waals surface area contributed by atoms with Gasteiger partial charge in [-0.3, -0.25) is 9.69 Å². The molecule has 0 saturated heterocycles. The molecule has 1 heterocycles. The smallest absolute Gasteiger partial charge is 0.303 e. The summed E-state index contributed by atoms with van der Waals surface area (Å²) >= 11 is 0. The normalized spacial score (nSPS) is 14.5. The van der Waals surface area contributed by atoms with Gasteiger partial charge in [0.05, 0.1) is 7.11 Å². The van der Waals surface area contributed by atoms with Crippen LogP contribution in [0.5, 0.6) is 11.5 Å². The van der Waals surface area contributed by atoms with Crippen LogP contribution in [0.25, 0.3) is 0 Å². The molecule has 4 rings (SSSR count). The third kappa shape index (κ3) is 7.40. The number of nitrogens with zero attached hydrogens (tertiary/aromatic N) is 1. The highest BCUT2D eigenvalue weighted by atomic mass is 16.5. The fourth-order valence-electron chi connectivity index (χ4n) is 5.04. The Hall–Kier alpha value is -3.75. The van der Waals surface area contributed by atoms with E-state index in [-0.39, 0.29) is 18.3 Å². The highest BCUT2D eigenvalue weighted by Gasteiger charge is 2.20. The van der Waals surface area contributed by atoms with Crippen LogP contribution in [0.2, 0.25) is 0 Å². The number of ether oxygens (including phenoxy) is 2. The number of carbonyl (C=O) groups is 1. The van der Waals surface area contributed by atoms with E-state index in [0.29, 0.717) is 6.61 Å². The van der Waals surface area contributed by atoms with Crippen LogP contribution in [0.1, 0.15) is 54.0 Å². The number of rotatable bonds is 11. The summed E-state index contributed by atoms with van der Waals surface area (Å²) in [6.07, 6.45) is 2.18. The topological polar surface area (TPSA) is 59.0 Å². The van der Waals surface area contributed by atoms with E-state index in [0.717, 1.165) is 55.1 Å². The zero-order valence-corrected chi connectivity index (χ0v) is 22.6. The highest BCUT2D eigenvalue weighted by molar-refractivity contribution is 5.67. The Balaban J connectivity index is 1.25. The van der Waals surface area contributed by atoms with Crippen molar-refractivity contribution in [3.63, 3.8) is 0 Å². The average molecular weight is 512 g/mol. The van der Waals surface area contributed by atoms with Gasteiger partial charge in [0.25, 0.3) is 0 Å². The van der Waals surface area contributed by atoms with Crippen LogP contribution in [0, 0.1) is 17.8 Å². The van der Waals surface area contributed by atoms with Gasteiger partial charge >= 0.3 is 5.97 Å². The summed E-state index contributed by atoms with van der Waals surface area (Å²) in [5, 5.41) is 9.15. The maximum Gasteiger partial charge on any atom is 0.303 e. The lowest BCUT2D eigenvalue weighted by molar-refractivity contribution is -0.138. The Morgan fingerprint density at radius 1 is 1.00 bits per heavy atom. The fourth-order valence-corrected chi connectivity index (χ4v) is 5.04. The van der Waals surface area contributed by atoms with Crippen molar-refractivity contribution in [2.45, 2.75) is 52.2 Å². The van der Waals surface area contributed by atoms with E-state index in [1.807, 2.05) is 31.2 Å². The summed E-state index contributed by atoms with van der Waals surface area (Å²) in [7, 11) is 1.72. The Morgan fingerprint density at radius 2 is 1.71 bits per heavy atom. The number of fused-ring (bicyclic) bond motifs is 1. The number of carboxylic acid groups (broad SMARTS) is 1. The molecule has 198 valence electrons. The van der Waals surface area contributed by atoms with Gasteiger partial charge in [0, 0.05) is 32.0 Å². The second-order valence-electron chi connectivity index (χ2n) is 10.0. The van der Waals surface area contributed by atoms with Crippen LogP contribution in [-0.4, -0.2) is 36.2 Å². The molecule has 0 radical (unpaired) electrons. The second kappa shape index (κ2) is 13.2. The monoisotopic (exact) mass is 511 g/mol. The Kier molecular flexibility index (Phi) is 9.46. The van der Waals surface area contributed by atoms with E-state index in [4.69, 9.17) is 14.6 Å². The van der Waals surface area contributed by atoms with E-state index in [2.05, 4.69) is 59.2 Å². The third-order valence-electron chi connectivity index (χ3n) is 7.25. The summed E-state index contributed by atoms with van der Waals surface area (Å²) in [5.41, 5.74) is 6.28. The summed E-state index contributed by atoms with van der Waals surface area (Å²) < 4.78 is 11.4. The molecule has 3 aromatic carbocycles. The Bertz CT molecular complexity index is 1270. The van der Waals surface area contributed by atoms with Gasteiger partial charge in [-0.1, -0.05) is 55.3 Å². The van der Waals surface area contributed by atoms with E-state index >= 15 is 0 Å². The lowest BCUT2D eigenvalue weighted by Gasteiger charge is -2.29. The van der Waals surface area contributed by atoms with Gasteiger partial charge in [0.15, 0.2) is 0 Å². The number of hydrogen-bond donors (Lipinski definition) is 1. The summed E-state index contributed by atoms with van der Waals surface area (Å²) in [6, 6.07) is 22.9. The Morgan fingerprint density at radius 3 is 2.39 bits per heavy atom. The van der Waals surface area contributed by atoms with Crippen LogP contribution >= 0.6 is 0 Å². The number of aliphatic carboxylic acids is 1. The number of methoxy groups -OCH3 is 1. The van der Waals surface area contributed by atoms with Crippen molar-refractivity contribution in [1.29, 1.82) is 0 Å². The van der Waals surface area contributed by atoms with Gasteiger partial charge in [-0.15, -0.1) is 5.92 Å². The predicted octanol–water partition coefficient (Wildman–Crippen LogP) is 6.09. The van der Waals surface area contributed by atoms with E-state index < -0.39 is 5.97 Å². The van der Waals surface area contributed by atoms with Crippen molar-refractivity contribution in [1.82, 2.24) is 4.90 Å². The molecule has 1 unspecified atom stereocenters. The fraction of sp³-hybridized carbons (Fsp3) is 0.364. The molecule has 38 heavy (non-hydrogen) atoms. The Labute approximate surface area is 226 Å². The molecule has 0 amide bonds. The lowest BCUT2D eigenvalue weighted by Crippen LogP contribution is -2.32. The summed E-state index contributed by atoms with van der Waals surface area (Å²) in [4.78, 5) is 13.7. The molecule has 2 atom stereocenters. The van der Waals surface area contributed by atoms with Gasteiger partial charge < -0.3 is 14.6 Å². The molecular formula is C33H37NO4. The van der Waals surface area contributed by atoms with Crippen molar-refractivity contribution in [2.75, 3.05) is 20.2 Å². The predicted molar refractivity (Wildman–Crippen MR) is 151 cm³/mol. The summed E-state index contributed by atoms with van der Waals surface area (Å²) in [6.45, 7) is 7.33. The van der Waals surface area contributed by atoms with E-state index in [1.165, 1.54) is 16.7 Å². The number of benzene rings is 3. The standard InChI is InChI=1S/C33H37NO4/c1-4-5-32(24(2)20-33(35)36)27-10-13-30(14-11-27)38-23-26-8-6-25(7-9-26)16-18-34-19-17-28-21-31(37-3)15-12-29(28)22-34/h6-15,21,24,32H,16-20,22-23H2,1-3H3,(H,35,36)/t24?,32-/m0/s1. The maximum absolute atomic E-state index is 11.1. The van der Waals surface area contributed by atoms with E-state index in [1.54, 1.807) is 14.0 Å². The molecule has 5 nitrogen and oxygen atoms in total. The number of carboxylic acids is 1. The van der Waals surface area contributed by atoms with E-state index in [9.17, 15) is 4.79 Å². The molecule has 0 aromatic heterocycles. The van der Waals surface area contributed by atoms with Crippen LogP contribution in [0.3, 0.4) is 0 Å². The zero-order chi connectivity index (χ0) is 26.9. The molecule has 5 heteroatoms. The van der Waals surface area contributed by atoms with Crippen LogP contribution in [0.15, 0.2) is 66.7 Å². The van der Waals surface area contributed by atoms with Crippen molar-refractivity contribution in [3.05, 3.63) is 94.5 Å². The minimum atomic E-state index is -0.801. The van der Waals surface area contributed by atoms with Crippen LogP contribution < -0.4 is 9.47 Å². The SMILES string of the molecule is CC#C[C@H](c1ccc(OCc2ccc(CCN3CCc4cc(OC)ccc4C3)cc2)cc1)C(C)CC(=O)O. The molecular weight excluding hydrogens is 474 g/mol. The molecule has 0 fully saturated rings. The molecule has 0 spiro atoms. The minimum absolute atomic E-state index is 0.0694. The molecule has 3 aromatic rings. The second-order valence-corrected chi connectivity index (χ2v) is 10.0. The highest BCUT2D eigenvalue weighted by Crippen LogP contribution is 2.28. The quantitative estimate of drug-likeness (QED) is 0.316. The van der Waals surface area contributed by atoms with Crippen LogP contribution in [-0.2, 0) is 30.8 Å². The van der Waals surface area contributed by atoms with Gasteiger partial charge in [-0.2, -0.15) is 0 Å². The molecule has 0 bridgehead atoms. The largest absolute Gasteiger partial charge is 0.497 e. The average Bonchev–Trinajstić information content (AvgIpc) is 2.93. The summed E-state index contributed by atoms with van der Waals surface area (Å²) in [5.74, 6) is 6.85. The number of hydrogen-bond acceptors (Lipinski definition) is 4. The van der Waals surface area contributed by atoms with Crippen molar-refractivity contribution < 1.29 is 19.4 Å². The molecule has 0 saturated carbocycles. The first kappa shape index (κ1) is 27.3. The van der Waals surface area contributed by atoms with Crippen LogP contribution in [0.4, 0.5) is 0 Å². The lowest BCUT2D eigenvalue weighted by atomic mass is 9.85. The zero-order valence-electron chi connectivity index (χ0n) is 22.6. The first-order valence-corrected chi connectivity index (χ1v) is 13.3. The van der Waals surface area contributed by atoms with Gasteiger partial charge in [0.1, 0.15) is 18.1 Å². The van der Waals surface area contributed by atoms with Gasteiger partial charge in [0.2, 0.25) is 0 Å². The first-order valence-electron chi connectivity index (χ1n) is 13.3. The maximum atomic E-state index is 11.1. The molecule has 1 N–H and O–H groups in total. The van der Waals surface area contributed by atoms with Gasteiger partial charge in [-0.25, -0.2) is 0 Å². The first-order chi connectivity index (χ1) is 18.4. The van der Waals surface area contributed by atoms with Crippen molar-refractivity contribution >= 4 is 5.97 Å².